The number of hydrogen-bond acceptors (Lipinski definition) is 5. The zero-order chi connectivity index (χ0) is 16.7. The first-order valence-corrected chi connectivity index (χ1v) is 9.50. The van der Waals surface area contributed by atoms with Gasteiger partial charge >= 0.3 is 12.0 Å². The molecule has 0 fully saturated rings. The highest BCUT2D eigenvalue weighted by atomic mass is 32.2. The Morgan fingerprint density at radius 1 is 1.33 bits per heavy atom. The number of hydrogen-bond donors (Lipinski definition) is 4. The molecule has 1 atom stereocenters. The van der Waals surface area contributed by atoms with Crippen LogP contribution in [0.1, 0.15) is 20.3 Å². The van der Waals surface area contributed by atoms with Crippen LogP contribution < -0.4 is 15.4 Å². The molecule has 8 nitrogen and oxygen atoms in total. The Hall–Kier alpha value is -1.00. The van der Waals surface area contributed by atoms with E-state index in [1.807, 2.05) is 6.26 Å². The van der Waals surface area contributed by atoms with Crippen LogP contribution in [0.2, 0.25) is 0 Å². The first kappa shape index (κ1) is 20.0. The van der Waals surface area contributed by atoms with Gasteiger partial charge in [0.25, 0.3) is 0 Å². The van der Waals surface area contributed by atoms with E-state index < -0.39 is 33.6 Å². The van der Waals surface area contributed by atoms with E-state index in [1.165, 1.54) is 11.8 Å². The Balaban J connectivity index is 4.39. The Labute approximate surface area is 129 Å². The lowest BCUT2D eigenvalue weighted by atomic mass is 10.1. The molecule has 0 aromatic carbocycles. The molecule has 0 saturated heterocycles. The molecule has 124 valence electrons. The summed E-state index contributed by atoms with van der Waals surface area (Å²) in [5, 5.41) is 13.8. The minimum atomic E-state index is -3.40. The maximum Gasteiger partial charge on any atom is 0.326 e. The van der Waals surface area contributed by atoms with Gasteiger partial charge in [-0.3, -0.25) is 0 Å². The standard InChI is InChI=1S/C11H23N3O5S2/c1-11(2,14-21(4,18)19)7-12-10(17)13-8(9(15)16)5-6-20-3/h8,14H,5-7H2,1-4H3,(H,15,16)(H2,12,13,17)/t8-/m1/s1. The van der Waals surface area contributed by atoms with Gasteiger partial charge in [0.2, 0.25) is 10.0 Å². The molecule has 0 unspecified atom stereocenters. The third-order valence-electron chi connectivity index (χ3n) is 2.37. The maximum absolute atomic E-state index is 11.7. The third kappa shape index (κ3) is 10.4. The molecule has 4 N–H and O–H groups in total. The SMILES string of the molecule is CSCC[C@@H](NC(=O)NCC(C)(C)NS(C)(=O)=O)C(=O)O. The Kier molecular flexibility index (Phi) is 8.04. The molecule has 0 aliphatic heterocycles. The van der Waals surface area contributed by atoms with Crippen molar-refractivity contribution in [2.45, 2.75) is 31.8 Å². The summed E-state index contributed by atoms with van der Waals surface area (Å²) in [6.45, 7) is 3.24. The number of carboxylic acid groups (broad SMARTS) is 1. The Morgan fingerprint density at radius 3 is 2.33 bits per heavy atom. The van der Waals surface area contributed by atoms with Crippen molar-refractivity contribution in [3.05, 3.63) is 0 Å². The minimum Gasteiger partial charge on any atom is -0.480 e. The van der Waals surface area contributed by atoms with Crippen LogP contribution in [0.15, 0.2) is 0 Å². The number of carbonyl (C=O) groups is 2. The van der Waals surface area contributed by atoms with Gasteiger partial charge < -0.3 is 15.7 Å². The van der Waals surface area contributed by atoms with E-state index >= 15 is 0 Å². The molecule has 0 aromatic heterocycles. The maximum atomic E-state index is 11.7. The average Bonchev–Trinajstić information content (AvgIpc) is 2.28. The van der Waals surface area contributed by atoms with E-state index in [1.54, 1.807) is 13.8 Å². The van der Waals surface area contributed by atoms with Gasteiger partial charge in [0, 0.05) is 12.1 Å². The molecule has 2 amide bonds. The predicted octanol–water partition coefficient (Wildman–Crippen LogP) is -0.180. The first-order valence-electron chi connectivity index (χ1n) is 6.22. The quantitative estimate of drug-likeness (QED) is 0.461. The second-order valence-corrected chi connectivity index (χ2v) is 7.99. The number of rotatable bonds is 9. The predicted molar refractivity (Wildman–Crippen MR) is 83.0 cm³/mol. The van der Waals surface area contributed by atoms with E-state index in [0.717, 1.165) is 6.26 Å². The fourth-order valence-corrected chi connectivity index (χ4v) is 3.09. The van der Waals surface area contributed by atoms with Crippen LogP contribution in [-0.2, 0) is 14.8 Å². The van der Waals surface area contributed by atoms with Gasteiger partial charge in [0.15, 0.2) is 0 Å². The minimum absolute atomic E-state index is 0.0285. The number of carbonyl (C=O) groups excluding carboxylic acids is 1. The second-order valence-electron chi connectivity index (χ2n) is 5.26. The van der Waals surface area contributed by atoms with Crippen LogP contribution in [-0.4, -0.2) is 61.9 Å². The molecule has 10 heteroatoms. The lowest BCUT2D eigenvalue weighted by Gasteiger charge is -2.25. The van der Waals surface area contributed by atoms with Crippen LogP contribution >= 0.6 is 11.8 Å². The average molecular weight is 341 g/mol. The summed E-state index contributed by atoms with van der Waals surface area (Å²) in [5.74, 6) is -0.494. The molecule has 0 aromatic rings. The van der Waals surface area contributed by atoms with Crippen LogP contribution in [0.5, 0.6) is 0 Å². The van der Waals surface area contributed by atoms with Gasteiger partial charge in [-0.25, -0.2) is 22.7 Å². The molecule has 0 saturated carbocycles. The normalized spacial score (nSPS) is 13.5. The summed E-state index contributed by atoms with van der Waals surface area (Å²) in [4.78, 5) is 22.6. The van der Waals surface area contributed by atoms with Crippen LogP contribution in [0.4, 0.5) is 4.79 Å². The van der Waals surface area contributed by atoms with Crippen molar-refractivity contribution in [3.63, 3.8) is 0 Å². The van der Waals surface area contributed by atoms with E-state index in [4.69, 9.17) is 5.11 Å². The van der Waals surface area contributed by atoms with Crippen LogP contribution in [0.25, 0.3) is 0 Å². The fourth-order valence-electron chi connectivity index (χ4n) is 1.54. The summed E-state index contributed by atoms with van der Waals surface area (Å²) in [6, 6.07) is -1.62. The molecule has 0 radical (unpaired) electrons. The largest absolute Gasteiger partial charge is 0.480 e. The summed E-state index contributed by atoms with van der Waals surface area (Å²) < 4.78 is 24.7. The monoisotopic (exact) mass is 341 g/mol. The number of thioether (sulfide) groups is 1. The van der Waals surface area contributed by atoms with Crippen molar-refractivity contribution >= 4 is 33.8 Å². The van der Waals surface area contributed by atoms with Gasteiger partial charge in [0.1, 0.15) is 6.04 Å². The fraction of sp³-hybridized carbons (Fsp3) is 0.818. The first-order chi connectivity index (χ1) is 9.47. The van der Waals surface area contributed by atoms with Crippen molar-refractivity contribution in [2.75, 3.05) is 24.8 Å². The van der Waals surface area contributed by atoms with Crippen molar-refractivity contribution in [1.82, 2.24) is 15.4 Å². The van der Waals surface area contributed by atoms with Crippen molar-refractivity contribution in [1.29, 1.82) is 0 Å². The summed E-state index contributed by atoms with van der Waals surface area (Å²) in [6.07, 6.45) is 3.19. The summed E-state index contributed by atoms with van der Waals surface area (Å²) >= 11 is 1.49. The molecular formula is C11H23N3O5S2. The molecule has 0 bridgehead atoms. The van der Waals surface area contributed by atoms with Crippen molar-refractivity contribution < 1.29 is 23.1 Å². The Bertz CT molecular complexity index is 464. The molecule has 0 aliphatic rings. The van der Waals surface area contributed by atoms with Crippen molar-refractivity contribution in [2.24, 2.45) is 0 Å². The molecule has 0 spiro atoms. The van der Waals surface area contributed by atoms with E-state index in [0.29, 0.717) is 12.2 Å². The molecule has 0 rings (SSSR count). The Morgan fingerprint density at radius 2 is 1.90 bits per heavy atom. The number of carboxylic acids is 1. The summed E-state index contributed by atoms with van der Waals surface area (Å²) in [7, 11) is -3.40. The van der Waals surface area contributed by atoms with Crippen molar-refractivity contribution in [3.8, 4) is 0 Å². The van der Waals surface area contributed by atoms with Gasteiger partial charge in [-0.1, -0.05) is 0 Å². The lowest BCUT2D eigenvalue weighted by Crippen LogP contribution is -2.54. The van der Waals surface area contributed by atoms with E-state index in [2.05, 4.69) is 15.4 Å². The van der Waals surface area contributed by atoms with Gasteiger partial charge in [-0.2, -0.15) is 11.8 Å². The van der Waals surface area contributed by atoms with E-state index in [-0.39, 0.29) is 6.54 Å². The van der Waals surface area contributed by atoms with E-state index in [9.17, 15) is 18.0 Å². The topological polar surface area (TPSA) is 125 Å². The molecule has 0 heterocycles. The smallest absolute Gasteiger partial charge is 0.326 e. The highest BCUT2D eigenvalue weighted by Crippen LogP contribution is 2.03. The third-order valence-corrected chi connectivity index (χ3v) is 3.93. The number of urea groups is 1. The number of nitrogens with one attached hydrogen (secondary N) is 3. The zero-order valence-electron chi connectivity index (χ0n) is 12.6. The number of amides is 2. The molecule has 0 aliphatic carbocycles. The van der Waals surface area contributed by atoms with Crippen LogP contribution in [0.3, 0.4) is 0 Å². The van der Waals surface area contributed by atoms with Gasteiger partial charge in [0.05, 0.1) is 6.26 Å². The lowest BCUT2D eigenvalue weighted by molar-refractivity contribution is -0.139. The summed E-state index contributed by atoms with van der Waals surface area (Å²) in [5.41, 5.74) is -0.872. The highest BCUT2D eigenvalue weighted by Gasteiger charge is 2.24. The number of aliphatic carboxylic acids is 1. The highest BCUT2D eigenvalue weighted by molar-refractivity contribution is 7.98. The molecule has 21 heavy (non-hydrogen) atoms. The zero-order valence-corrected chi connectivity index (χ0v) is 14.2. The van der Waals surface area contributed by atoms with Gasteiger partial charge in [-0.05, 0) is 32.3 Å². The van der Waals surface area contributed by atoms with Crippen LogP contribution in [0, 0.1) is 0 Å². The van der Waals surface area contributed by atoms with Gasteiger partial charge in [-0.15, -0.1) is 0 Å². The molecular weight excluding hydrogens is 318 g/mol. The second kappa shape index (κ2) is 8.44. The number of sulfonamides is 1.